The SMILES string of the molecule is COC1CCN(C(=O)CC2(CC(=O)O)CCCC2)CC1. The molecule has 2 aliphatic rings. The molecule has 5 heteroatoms. The van der Waals surface area contributed by atoms with Gasteiger partial charge in [0.2, 0.25) is 5.91 Å². The second kappa shape index (κ2) is 6.57. The van der Waals surface area contributed by atoms with Gasteiger partial charge in [0.05, 0.1) is 12.5 Å². The van der Waals surface area contributed by atoms with Crippen LogP contribution in [0.5, 0.6) is 0 Å². The van der Waals surface area contributed by atoms with Crippen molar-refractivity contribution in [2.24, 2.45) is 5.41 Å². The van der Waals surface area contributed by atoms with Crippen molar-refractivity contribution in [3.63, 3.8) is 0 Å². The zero-order valence-corrected chi connectivity index (χ0v) is 12.3. The molecule has 0 unspecified atom stereocenters. The Kier molecular flexibility index (Phi) is 5.02. The fraction of sp³-hybridized carbons (Fsp3) is 0.867. The molecule has 1 amide bonds. The molecular formula is C15H25NO4. The molecule has 2 fully saturated rings. The summed E-state index contributed by atoms with van der Waals surface area (Å²) >= 11 is 0. The first-order valence-electron chi connectivity index (χ1n) is 7.57. The summed E-state index contributed by atoms with van der Waals surface area (Å²) in [7, 11) is 1.71. The molecule has 0 radical (unpaired) electrons. The van der Waals surface area contributed by atoms with Crippen molar-refractivity contribution in [1.29, 1.82) is 0 Å². The Morgan fingerprint density at radius 2 is 1.80 bits per heavy atom. The van der Waals surface area contributed by atoms with Crippen LogP contribution in [0.25, 0.3) is 0 Å². The fourth-order valence-electron chi connectivity index (χ4n) is 3.64. The Morgan fingerprint density at radius 3 is 2.30 bits per heavy atom. The summed E-state index contributed by atoms with van der Waals surface area (Å²) in [5.41, 5.74) is -0.291. The summed E-state index contributed by atoms with van der Waals surface area (Å²) in [6, 6.07) is 0. The van der Waals surface area contributed by atoms with Crippen molar-refractivity contribution >= 4 is 11.9 Å². The molecule has 1 saturated heterocycles. The monoisotopic (exact) mass is 283 g/mol. The number of piperidine rings is 1. The number of methoxy groups -OCH3 is 1. The van der Waals surface area contributed by atoms with Crippen molar-refractivity contribution in [3.05, 3.63) is 0 Å². The first kappa shape index (κ1) is 15.3. The Bertz CT molecular complexity index is 355. The minimum absolute atomic E-state index is 0.128. The van der Waals surface area contributed by atoms with E-state index in [4.69, 9.17) is 9.84 Å². The standard InChI is InChI=1S/C15H25NO4/c1-20-12-4-8-16(9-5-12)13(17)10-15(11-14(18)19)6-2-3-7-15/h12H,2-11H2,1H3,(H,18,19). The van der Waals surface area contributed by atoms with Crippen LogP contribution in [0.2, 0.25) is 0 Å². The highest BCUT2D eigenvalue weighted by molar-refractivity contribution is 5.78. The summed E-state index contributed by atoms with van der Waals surface area (Å²) in [5, 5.41) is 9.09. The molecule has 0 aromatic heterocycles. The van der Waals surface area contributed by atoms with Gasteiger partial charge in [-0.15, -0.1) is 0 Å². The lowest BCUT2D eigenvalue weighted by Gasteiger charge is -2.34. The molecule has 1 saturated carbocycles. The Morgan fingerprint density at radius 1 is 1.20 bits per heavy atom. The molecule has 5 nitrogen and oxygen atoms in total. The maximum Gasteiger partial charge on any atom is 0.303 e. The maximum absolute atomic E-state index is 12.4. The van der Waals surface area contributed by atoms with E-state index in [0.717, 1.165) is 51.6 Å². The third-order valence-electron chi connectivity index (χ3n) is 4.84. The van der Waals surface area contributed by atoms with Crippen molar-refractivity contribution in [3.8, 4) is 0 Å². The number of carbonyl (C=O) groups is 2. The second-order valence-electron chi connectivity index (χ2n) is 6.27. The minimum Gasteiger partial charge on any atom is -0.481 e. The van der Waals surface area contributed by atoms with E-state index < -0.39 is 5.97 Å². The molecule has 20 heavy (non-hydrogen) atoms. The first-order chi connectivity index (χ1) is 9.54. The first-order valence-corrected chi connectivity index (χ1v) is 7.57. The van der Waals surface area contributed by atoms with Crippen LogP contribution < -0.4 is 0 Å². The van der Waals surface area contributed by atoms with Crippen molar-refractivity contribution < 1.29 is 19.4 Å². The van der Waals surface area contributed by atoms with Gasteiger partial charge in [-0.3, -0.25) is 9.59 Å². The maximum atomic E-state index is 12.4. The second-order valence-corrected chi connectivity index (χ2v) is 6.27. The normalized spacial score (nSPS) is 22.9. The van der Waals surface area contributed by atoms with E-state index in [-0.39, 0.29) is 23.8 Å². The number of ether oxygens (including phenoxy) is 1. The van der Waals surface area contributed by atoms with Crippen LogP contribution in [0, 0.1) is 5.41 Å². The quantitative estimate of drug-likeness (QED) is 0.838. The summed E-state index contributed by atoms with van der Waals surface area (Å²) in [4.78, 5) is 25.4. The van der Waals surface area contributed by atoms with E-state index in [1.54, 1.807) is 7.11 Å². The molecule has 0 atom stereocenters. The van der Waals surface area contributed by atoms with Gasteiger partial charge >= 0.3 is 5.97 Å². The van der Waals surface area contributed by atoms with Gasteiger partial charge in [0.15, 0.2) is 0 Å². The molecule has 1 aliphatic carbocycles. The average molecular weight is 283 g/mol. The number of amides is 1. The van der Waals surface area contributed by atoms with Crippen molar-refractivity contribution in [2.75, 3.05) is 20.2 Å². The number of carboxylic acids is 1. The van der Waals surface area contributed by atoms with E-state index in [0.29, 0.717) is 6.42 Å². The van der Waals surface area contributed by atoms with Crippen LogP contribution in [0.15, 0.2) is 0 Å². The Hall–Kier alpha value is -1.10. The van der Waals surface area contributed by atoms with Gasteiger partial charge in [0, 0.05) is 26.6 Å². The van der Waals surface area contributed by atoms with Crippen molar-refractivity contribution in [1.82, 2.24) is 4.90 Å². The Balaban J connectivity index is 1.90. The van der Waals surface area contributed by atoms with Crippen LogP contribution >= 0.6 is 0 Å². The number of likely N-dealkylation sites (tertiary alicyclic amines) is 1. The summed E-state index contributed by atoms with van der Waals surface area (Å²) in [6.07, 6.45) is 6.41. The third-order valence-corrected chi connectivity index (χ3v) is 4.84. The highest BCUT2D eigenvalue weighted by Gasteiger charge is 2.39. The van der Waals surface area contributed by atoms with E-state index in [1.807, 2.05) is 4.90 Å². The number of aliphatic carboxylic acids is 1. The highest BCUT2D eigenvalue weighted by atomic mass is 16.5. The predicted molar refractivity (Wildman–Crippen MR) is 74.4 cm³/mol. The highest BCUT2D eigenvalue weighted by Crippen LogP contribution is 2.44. The van der Waals surface area contributed by atoms with Gasteiger partial charge in [-0.1, -0.05) is 12.8 Å². The van der Waals surface area contributed by atoms with E-state index >= 15 is 0 Å². The van der Waals surface area contributed by atoms with E-state index in [2.05, 4.69) is 0 Å². The zero-order chi connectivity index (χ0) is 14.6. The lowest BCUT2D eigenvalue weighted by molar-refractivity contribution is -0.142. The number of rotatable bonds is 5. The van der Waals surface area contributed by atoms with Gasteiger partial charge in [0.25, 0.3) is 0 Å². The number of hydrogen-bond donors (Lipinski definition) is 1. The van der Waals surface area contributed by atoms with Gasteiger partial charge in [-0.2, -0.15) is 0 Å². The molecule has 2 rings (SSSR count). The van der Waals surface area contributed by atoms with Crippen LogP contribution in [-0.2, 0) is 14.3 Å². The lowest BCUT2D eigenvalue weighted by Crippen LogP contribution is -2.42. The number of carbonyl (C=O) groups excluding carboxylic acids is 1. The van der Waals surface area contributed by atoms with Gasteiger partial charge in [-0.05, 0) is 31.1 Å². The number of hydrogen-bond acceptors (Lipinski definition) is 3. The topological polar surface area (TPSA) is 66.8 Å². The third kappa shape index (κ3) is 3.72. The van der Waals surface area contributed by atoms with Crippen LogP contribution in [0.1, 0.15) is 51.4 Å². The minimum atomic E-state index is -0.780. The molecule has 1 heterocycles. The molecule has 1 aliphatic heterocycles. The fourth-order valence-corrected chi connectivity index (χ4v) is 3.64. The summed E-state index contributed by atoms with van der Waals surface area (Å²) < 4.78 is 5.31. The molecule has 1 N–H and O–H groups in total. The lowest BCUT2D eigenvalue weighted by atomic mass is 9.79. The van der Waals surface area contributed by atoms with Crippen molar-refractivity contribution in [2.45, 2.75) is 57.5 Å². The molecule has 114 valence electrons. The Labute approximate surface area is 120 Å². The van der Waals surface area contributed by atoms with Gasteiger partial charge in [0.1, 0.15) is 0 Å². The zero-order valence-electron chi connectivity index (χ0n) is 12.3. The van der Waals surface area contributed by atoms with Crippen LogP contribution in [0.4, 0.5) is 0 Å². The smallest absolute Gasteiger partial charge is 0.303 e. The number of nitrogens with zero attached hydrogens (tertiary/aromatic N) is 1. The molecule has 0 spiro atoms. The molecule has 0 bridgehead atoms. The summed E-state index contributed by atoms with van der Waals surface area (Å²) in [6.45, 7) is 1.47. The van der Waals surface area contributed by atoms with Gasteiger partial charge < -0.3 is 14.7 Å². The average Bonchev–Trinajstić information content (AvgIpc) is 2.86. The predicted octanol–water partition coefficient (Wildman–Crippen LogP) is 2.05. The largest absolute Gasteiger partial charge is 0.481 e. The van der Waals surface area contributed by atoms with Crippen LogP contribution in [-0.4, -0.2) is 48.2 Å². The molecule has 0 aromatic carbocycles. The van der Waals surface area contributed by atoms with Gasteiger partial charge in [-0.25, -0.2) is 0 Å². The molecule has 0 aromatic rings. The van der Waals surface area contributed by atoms with E-state index in [9.17, 15) is 9.59 Å². The molecular weight excluding hydrogens is 258 g/mol. The van der Waals surface area contributed by atoms with E-state index in [1.165, 1.54) is 0 Å². The number of carboxylic acid groups (broad SMARTS) is 1. The van der Waals surface area contributed by atoms with Crippen LogP contribution in [0.3, 0.4) is 0 Å². The summed E-state index contributed by atoms with van der Waals surface area (Å²) in [5.74, 6) is -0.652.